The number of nitrogens with one attached hydrogen (secondary N) is 1. The number of hydrogen-bond acceptors (Lipinski definition) is 3. The Bertz CT molecular complexity index is 526. The molecule has 5 nitrogen and oxygen atoms in total. The molecule has 0 atom stereocenters. The fraction of sp³-hybridized carbons (Fsp3) is 0.467. The van der Waals surface area contributed by atoms with Gasteiger partial charge in [0.2, 0.25) is 0 Å². The smallest absolute Gasteiger partial charge is 0.264 e. The number of hydrogen-bond donors (Lipinski definition) is 1. The molecule has 0 unspecified atom stereocenters. The molecule has 2 rings (SSSR count). The maximum absolute atomic E-state index is 12.0. The molecule has 0 bridgehead atoms. The molecule has 1 aliphatic rings. The van der Waals surface area contributed by atoms with Crippen molar-refractivity contribution in [2.75, 3.05) is 25.1 Å². The number of carbonyl (C=O) groups is 2. The van der Waals surface area contributed by atoms with Gasteiger partial charge in [0.15, 0.2) is 6.61 Å². The van der Waals surface area contributed by atoms with E-state index in [4.69, 9.17) is 4.74 Å². The van der Waals surface area contributed by atoms with Crippen LogP contribution in [0, 0.1) is 5.92 Å². The number of anilines is 1. The Balaban J connectivity index is 2.10. The monoisotopic (exact) mass is 276 g/mol. The lowest BCUT2D eigenvalue weighted by Gasteiger charge is -2.26. The van der Waals surface area contributed by atoms with Gasteiger partial charge in [0.05, 0.1) is 5.69 Å². The predicted molar refractivity (Wildman–Crippen MR) is 77.1 cm³/mol. The van der Waals surface area contributed by atoms with Crippen molar-refractivity contribution < 1.29 is 14.3 Å². The van der Waals surface area contributed by atoms with Crippen molar-refractivity contribution in [3.8, 4) is 5.75 Å². The second-order valence-electron chi connectivity index (χ2n) is 5.36. The summed E-state index contributed by atoms with van der Waals surface area (Å²) in [7, 11) is 1.68. The van der Waals surface area contributed by atoms with Gasteiger partial charge in [-0.1, -0.05) is 13.8 Å². The van der Waals surface area contributed by atoms with Crippen molar-refractivity contribution >= 4 is 17.5 Å². The summed E-state index contributed by atoms with van der Waals surface area (Å²) in [5.41, 5.74) is 1.18. The van der Waals surface area contributed by atoms with Gasteiger partial charge in [0.1, 0.15) is 5.75 Å². The highest BCUT2D eigenvalue weighted by atomic mass is 16.5. The van der Waals surface area contributed by atoms with E-state index in [1.54, 1.807) is 25.2 Å². The molecule has 1 heterocycles. The van der Waals surface area contributed by atoms with E-state index in [9.17, 15) is 9.59 Å². The molecule has 5 heteroatoms. The number of likely N-dealkylation sites (N-methyl/N-ethyl adjacent to an activating group) is 1. The van der Waals surface area contributed by atoms with Crippen molar-refractivity contribution in [1.82, 2.24) is 5.32 Å². The van der Waals surface area contributed by atoms with Crippen molar-refractivity contribution in [2.24, 2.45) is 5.92 Å². The van der Waals surface area contributed by atoms with E-state index in [2.05, 4.69) is 19.2 Å². The zero-order valence-electron chi connectivity index (χ0n) is 12.1. The van der Waals surface area contributed by atoms with E-state index in [1.165, 1.54) is 4.90 Å². The minimum absolute atomic E-state index is 0.0451. The average molecular weight is 276 g/mol. The van der Waals surface area contributed by atoms with Crippen molar-refractivity contribution in [1.29, 1.82) is 0 Å². The van der Waals surface area contributed by atoms with E-state index in [-0.39, 0.29) is 18.4 Å². The van der Waals surface area contributed by atoms with Crippen molar-refractivity contribution in [3.05, 3.63) is 23.8 Å². The molecule has 0 saturated heterocycles. The molecule has 1 aliphatic heterocycles. The molecular weight excluding hydrogens is 256 g/mol. The van der Waals surface area contributed by atoms with E-state index >= 15 is 0 Å². The first-order valence-corrected chi connectivity index (χ1v) is 6.80. The normalized spacial score (nSPS) is 14.0. The van der Waals surface area contributed by atoms with Crippen LogP contribution in [0.2, 0.25) is 0 Å². The van der Waals surface area contributed by atoms with E-state index in [0.29, 0.717) is 29.5 Å². The van der Waals surface area contributed by atoms with Crippen LogP contribution < -0.4 is 15.0 Å². The molecule has 1 aromatic rings. The van der Waals surface area contributed by atoms with Crippen LogP contribution in [0.5, 0.6) is 5.75 Å². The fourth-order valence-electron chi connectivity index (χ4n) is 1.99. The third kappa shape index (κ3) is 3.10. The Morgan fingerprint density at radius 2 is 2.20 bits per heavy atom. The van der Waals surface area contributed by atoms with Crippen LogP contribution >= 0.6 is 0 Å². The lowest BCUT2D eigenvalue weighted by atomic mass is 10.1. The number of carbonyl (C=O) groups excluding carboxylic acids is 2. The summed E-state index contributed by atoms with van der Waals surface area (Å²) in [6, 6.07) is 5.14. The van der Waals surface area contributed by atoms with Crippen LogP contribution in [-0.4, -0.2) is 32.0 Å². The first-order chi connectivity index (χ1) is 9.49. The summed E-state index contributed by atoms with van der Waals surface area (Å²) in [6.45, 7) is 4.92. The average Bonchev–Trinajstić information content (AvgIpc) is 2.42. The van der Waals surface area contributed by atoms with Crippen LogP contribution in [0.25, 0.3) is 0 Å². The highest BCUT2D eigenvalue weighted by molar-refractivity contribution is 6.00. The highest BCUT2D eigenvalue weighted by Crippen LogP contribution is 2.31. The van der Waals surface area contributed by atoms with Crippen molar-refractivity contribution in [2.45, 2.75) is 20.3 Å². The van der Waals surface area contributed by atoms with Gasteiger partial charge in [-0.05, 0) is 30.5 Å². The van der Waals surface area contributed by atoms with Crippen LogP contribution in [0.15, 0.2) is 18.2 Å². The fourth-order valence-corrected chi connectivity index (χ4v) is 1.99. The van der Waals surface area contributed by atoms with Gasteiger partial charge >= 0.3 is 0 Å². The Morgan fingerprint density at radius 1 is 1.45 bits per heavy atom. The topological polar surface area (TPSA) is 58.6 Å². The first-order valence-electron chi connectivity index (χ1n) is 6.80. The number of ether oxygens (including phenoxy) is 1. The summed E-state index contributed by atoms with van der Waals surface area (Å²) < 4.78 is 5.33. The SMILES string of the molecule is CC(C)CCNC(=O)c1ccc2c(c1)N(C)C(=O)CO2. The number of nitrogens with zero attached hydrogens (tertiary/aromatic N) is 1. The number of amides is 2. The van der Waals surface area contributed by atoms with Gasteiger partial charge in [0.25, 0.3) is 11.8 Å². The molecule has 0 aromatic heterocycles. The molecular formula is C15H20N2O3. The molecule has 1 N–H and O–H groups in total. The van der Waals surface area contributed by atoms with Gasteiger partial charge in [-0.25, -0.2) is 0 Å². The van der Waals surface area contributed by atoms with E-state index in [1.807, 2.05) is 0 Å². The predicted octanol–water partition coefficient (Wildman–Crippen LogP) is 1.82. The minimum atomic E-state index is -0.125. The second kappa shape index (κ2) is 5.94. The van der Waals surface area contributed by atoms with Gasteiger partial charge in [-0.2, -0.15) is 0 Å². The van der Waals surface area contributed by atoms with Crippen LogP contribution in [-0.2, 0) is 4.79 Å². The van der Waals surface area contributed by atoms with Crippen LogP contribution in [0.3, 0.4) is 0 Å². The Kier molecular flexibility index (Phi) is 4.27. The summed E-state index contributed by atoms with van der Waals surface area (Å²) in [5.74, 6) is 0.941. The summed E-state index contributed by atoms with van der Waals surface area (Å²) >= 11 is 0. The van der Waals surface area contributed by atoms with Crippen LogP contribution in [0.4, 0.5) is 5.69 Å². The minimum Gasteiger partial charge on any atom is -0.482 e. The maximum atomic E-state index is 12.0. The van der Waals surface area contributed by atoms with E-state index in [0.717, 1.165) is 6.42 Å². The Labute approximate surface area is 118 Å². The molecule has 0 radical (unpaired) electrons. The van der Waals surface area contributed by atoms with Gasteiger partial charge < -0.3 is 15.0 Å². The second-order valence-corrected chi connectivity index (χ2v) is 5.36. The van der Waals surface area contributed by atoms with Crippen molar-refractivity contribution in [3.63, 3.8) is 0 Å². The zero-order valence-corrected chi connectivity index (χ0v) is 12.1. The molecule has 108 valence electrons. The Hall–Kier alpha value is -2.04. The molecule has 2 amide bonds. The summed E-state index contributed by atoms with van der Waals surface area (Å²) in [4.78, 5) is 25.1. The maximum Gasteiger partial charge on any atom is 0.264 e. The Morgan fingerprint density at radius 3 is 2.90 bits per heavy atom. The van der Waals surface area contributed by atoms with Gasteiger partial charge in [-0.15, -0.1) is 0 Å². The molecule has 0 saturated carbocycles. The largest absolute Gasteiger partial charge is 0.482 e. The molecule has 1 aromatic carbocycles. The molecule has 0 fully saturated rings. The number of rotatable bonds is 4. The lowest BCUT2D eigenvalue weighted by molar-refractivity contribution is -0.120. The summed E-state index contributed by atoms with van der Waals surface area (Å²) in [5, 5.41) is 2.88. The quantitative estimate of drug-likeness (QED) is 0.912. The number of benzene rings is 1. The third-order valence-electron chi connectivity index (χ3n) is 3.31. The first kappa shape index (κ1) is 14.4. The van der Waals surface area contributed by atoms with E-state index < -0.39 is 0 Å². The van der Waals surface area contributed by atoms with Gasteiger partial charge in [-0.3, -0.25) is 9.59 Å². The molecule has 20 heavy (non-hydrogen) atoms. The zero-order chi connectivity index (χ0) is 14.7. The molecule has 0 spiro atoms. The molecule has 0 aliphatic carbocycles. The standard InChI is InChI=1S/C15H20N2O3/c1-10(2)6-7-16-15(19)11-4-5-13-12(8-11)17(3)14(18)9-20-13/h4-5,8,10H,6-7,9H2,1-3H3,(H,16,19). The summed E-state index contributed by atoms with van der Waals surface area (Å²) in [6.07, 6.45) is 0.943. The van der Waals surface area contributed by atoms with Crippen LogP contribution in [0.1, 0.15) is 30.6 Å². The lowest BCUT2D eigenvalue weighted by Crippen LogP contribution is -2.35. The van der Waals surface area contributed by atoms with Gasteiger partial charge in [0, 0.05) is 19.2 Å². The third-order valence-corrected chi connectivity index (χ3v) is 3.31. The highest BCUT2D eigenvalue weighted by Gasteiger charge is 2.23. The number of fused-ring (bicyclic) bond motifs is 1.